The molecule has 3 nitrogen and oxygen atoms in total. The fraction of sp³-hybridized carbons (Fsp3) is 0.261. The zero-order valence-electron chi connectivity index (χ0n) is 15.8. The van der Waals surface area contributed by atoms with Crippen molar-refractivity contribution in [3.05, 3.63) is 89.4 Å². The highest BCUT2D eigenvalue weighted by Gasteiger charge is 2.20. The Hall–Kier alpha value is -2.81. The lowest BCUT2D eigenvalue weighted by Gasteiger charge is -2.23. The van der Waals surface area contributed by atoms with Crippen molar-refractivity contribution in [2.24, 2.45) is 0 Å². The molecule has 2 aromatic carbocycles. The molecule has 0 bridgehead atoms. The van der Waals surface area contributed by atoms with Gasteiger partial charge in [0.15, 0.2) is 0 Å². The minimum atomic E-state index is -0.0364. The minimum absolute atomic E-state index is 0.0364. The molecule has 3 aromatic rings. The van der Waals surface area contributed by atoms with Crippen molar-refractivity contribution in [1.29, 1.82) is 0 Å². The van der Waals surface area contributed by atoms with Gasteiger partial charge in [0.05, 0.1) is 12.8 Å². The van der Waals surface area contributed by atoms with E-state index in [9.17, 15) is 4.79 Å². The van der Waals surface area contributed by atoms with Crippen LogP contribution in [0.3, 0.4) is 0 Å². The molecule has 134 valence electrons. The molecule has 0 spiro atoms. The summed E-state index contributed by atoms with van der Waals surface area (Å²) in [5, 5.41) is 0. The van der Waals surface area contributed by atoms with Gasteiger partial charge in [0.25, 0.3) is 5.91 Å². The smallest absolute Gasteiger partial charge is 0.258 e. The first kappa shape index (κ1) is 18.0. The Labute approximate surface area is 155 Å². The van der Waals surface area contributed by atoms with E-state index in [0.717, 1.165) is 17.0 Å². The summed E-state index contributed by atoms with van der Waals surface area (Å²) >= 11 is 0. The normalized spacial score (nSPS) is 11.4. The Morgan fingerprint density at radius 2 is 1.62 bits per heavy atom. The fourth-order valence-electron chi connectivity index (χ4n) is 2.83. The molecule has 1 aromatic heterocycles. The molecule has 0 saturated carbocycles. The number of rotatable bonds is 4. The summed E-state index contributed by atoms with van der Waals surface area (Å²) in [4.78, 5) is 15.0. The molecule has 1 heterocycles. The molecule has 3 rings (SSSR count). The fourth-order valence-corrected chi connectivity index (χ4v) is 2.83. The van der Waals surface area contributed by atoms with Crippen molar-refractivity contribution in [2.45, 2.75) is 39.7 Å². The van der Waals surface area contributed by atoms with Crippen LogP contribution in [0.4, 0.5) is 5.69 Å². The zero-order chi connectivity index (χ0) is 18.7. The van der Waals surface area contributed by atoms with Gasteiger partial charge in [0, 0.05) is 11.3 Å². The summed E-state index contributed by atoms with van der Waals surface area (Å²) in [6.45, 7) is 8.93. The van der Waals surface area contributed by atoms with Crippen LogP contribution in [0.1, 0.15) is 48.0 Å². The van der Waals surface area contributed by atoms with Crippen LogP contribution in [0.2, 0.25) is 0 Å². The Balaban J connectivity index is 1.92. The van der Waals surface area contributed by atoms with Crippen molar-refractivity contribution < 1.29 is 9.21 Å². The maximum Gasteiger partial charge on any atom is 0.258 e. The summed E-state index contributed by atoms with van der Waals surface area (Å²) in [5.74, 6) is 0.718. The molecule has 0 atom stereocenters. The summed E-state index contributed by atoms with van der Waals surface area (Å²) in [7, 11) is 0. The number of carbonyl (C=O) groups is 1. The molecule has 3 heteroatoms. The Bertz CT molecular complexity index is 854. The number of anilines is 1. The lowest BCUT2D eigenvalue weighted by Crippen LogP contribution is -2.30. The SMILES string of the molecule is Cc1ccc(N(Cc2ccco2)C(=O)c2ccc(C(C)(C)C)cc2)cc1. The molecule has 0 fully saturated rings. The second-order valence-corrected chi connectivity index (χ2v) is 7.63. The molecule has 0 aliphatic heterocycles. The minimum Gasteiger partial charge on any atom is -0.467 e. The van der Waals surface area contributed by atoms with Crippen LogP contribution in [-0.2, 0) is 12.0 Å². The quantitative estimate of drug-likeness (QED) is 0.603. The van der Waals surface area contributed by atoms with Crippen molar-refractivity contribution in [2.75, 3.05) is 4.90 Å². The number of hydrogen-bond acceptors (Lipinski definition) is 2. The van der Waals surface area contributed by atoms with Crippen molar-refractivity contribution in [3.63, 3.8) is 0 Å². The summed E-state index contributed by atoms with van der Waals surface area (Å²) in [6, 6.07) is 19.6. The van der Waals surface area contributed by atoms with E-state index in [2.05, 4.69) is 20.8 Å². The van der Waals surface area contributed by atoms with E-state index >= 15 is 0 Å². The summed E-state index contributed by atoms with van der Waals surface area (Å²) in [6.07, 6.45) is 1.63. The monoisotopic (exact) mass is 347 g/mol. The highest BCUT2D eigenvalue weighted by molar-refractivity contribution is 6.06. The number of benzene rings is 2. The average molecular weight is 347 g/mol. The molecule has 0 saturated heterocycles. The van der Waals surface area contributed by atoms with E-state index in [1.54, 1.807) is 11.2 Å². The predicted molar refractivity (Wildman–Crippen MR) is 106 cm³/mol. The first-order chi connectivity index (χ1) is 12.3. The topological polar surface area (TPSA) is 33.5 Å². The predicted octanol–water partition coefficient (Wildman–Crippen LogP) is 5.73. The van der Waals surface area contributed by atoms with E-state index in [1.807, 2.05) is 67.6 Å². The number of hydrogen-bond donors (Lipinski definition) is 0. The third kappa shape index (κ3) is 4.05. The zero-order valence-corrected chi connectivity index (χ0v) is 15.8. The lowest BCUT2D eigenvalue weighted by atomic mass is 9.86. The summed E-state index contributed by atoms with van der Waals surface area (Å²) < 4.78 is 5.47. The molecule has 26 heavy (non-hydrogen) atoms. The van der Waals surface area contributed by atoms with E-state index < -0.39 is 0 Å². The molecular formula is C23H25NO2. The summed E-state index contributed by atoms with van der Waals surface area (Å²) in [5.41, 5.74) is 3.96. The van der Waals surface area contributed by atoms with Crippen LogP contribution in [0, 0.1) is 6.92 Å². The molecule has 0 unspecified atom stereocenters. The van der Waals surface area contributed by atoms with Gasteiger partial charge in [-0.25, -0.2) is 0 Å². The highest BCUT2D eigenvalue weighted by Crippen LogP contribution is 2.25. The van der Waals surface area contributed by atoms with Gasteiger partial charge in [-0.3, -0.25) is 4.79 Å². The number of aryl methyl sites for hydroxylation is 1. The largest absolute Gasteiger partial charge is 0.467 e. The van der Waals surface area contributed by atoms with E-state index in [0.29, 0.717) is 12.1 Å². The molecule has 1 amide bonds. The molecule has 0 N–H and O–H groups in total. The van der Waals surface area contributed by atoms with Gasteiger partial charge in [0.2, 0.25) is 0 Å². The van der Waals surface area contributed by atoms with E-state index in [4.69, 9.17) is 4.42 Å². The number of furan rings is 1. The van der Waals surface area contributed by atoms with Crippen LogP contribution in [-0.4, -0.2) is 5.91 Å². The van der Waals surface area contributed by atoms with Crippen LogP contribution in [0.5, 0.6) is 0 Å². The highest BCUT2D eigenvalue weighted by atomic mass is 16.3. The molecular weight excluding hydrogens is 322 g/mol. The molecule has 0 aliphatic carbocycles. The lowest BCUT2D eigenvalue weighted by molar-refractivity contribution is 0.0983. The first-order valence-electron chi connectivity index (χ1n) is 8.86. The Kier molecular flexibility index (Phi) is 4.99. The standard InChI is InChI=1S/C23H25NO2/c1-17-7-13-20(14-8-17)24(16-21-6-5-15-26-21)22(25)18-9-11-19(12-10-18)23(2,3)4/h5-15H,16H2,1-4H3. The average Bonchev–Trinajstić information content (AvgIpc) is 3.13. The van der Waals surface area contributed by atoms with Crippen molar-refractivity contribution in [1.82, 2.24) is 0 Å². The first-order valence-corrected chi connectivity index (χ1v) is 8.86. The van der Waals surface area contributed by atoms with E-state index in [-0.39, 0.29) is 11.3 Å². The third-order valence-corrected chi connectivity index (χ3v) is 4.48. The Morgan fingerprint density at radius 3 is 2.15 bits per heavy atom. The van der Waals surface area contributed by atoms with Gasteiger partial charge >= 0.3 is 0 Å². The third-order valence-electron chi connectivity index (χ3n) is 4.48. The number of carbonyl (C=O) groups excluding carboxylic acids is 1. The van der Waals surface area contributed by atoms with Gasteiger partial charge < -0.3 is 9.32 Å². The van der Waals surface area contributed by atoms with Gasteiger partial charge in [-0.2, -0.15) is 0 Å². The second kappa shape index (κ2) is 7.20. The van der Waals surface area contributed by atoms with Crippen molar-refractivity contribution >= 4 is 11.6 Å². The maximum absolute atomic E-state index is 13.2. The number of amides is 1. The second-order valence-electron chi connectivity index (χ2n) is 7.63. The van der Waals surface area contributed by atoms with Crippen LogP contribution in [0.15, 0.2) is 71.3 Å². The maximum atomic E-state index is 13.2. The van der Waals surface area contributed by atoms with Crippen LogP contribution < -0.4 is 4.90 Å². The van der Waals surface area contributed by atoms with Gasteiger partial charge in [0.1, 0.15) is 5.76 Å². The van der Waals surface area contributed by atoms with Gasteiger partial charge in [-0.1, -0.05) is 50.6 Å². The number of nitrogens with zero attached hydrogens (tertiary/aromatic N) is 1. The van der Waals surface area contributed by atoms with Crippen LogP contribution >= 0.6 is 0 Å². The van der Waals surface area contributed by atoms with E-state index in [1.165, 1.54) is 5.56 Å². The molecule has 0 radical (unpaired) electrons. The van der Waals surface area contributed by atoms with Crippen LogP contribution in [0.25, 0.3) is 0 Å². The molecule has 0 aliphatic rings. The van der Waals surface area contributed by atoms with Crippen molar-refractivity contribution in [3.8, 4) is 0 Å². The Morgan fingerprint density at radius 1 is 0.962 bits per heavy atom. The van der Waals surface area contributed by atoms with Gasteiger partial charge in [-0.15, -0.1) is 0 Å². The van der Waals surface area contributed by atoms with Gasteiger partial charge in [-0.05, 0) is 54.3 Å².